The highest BCUT2D eigenvalue weighted by atomic mass is 16.5. The number of benzene rings is 1. The van der Waals surface area contributed by atoms with Crippen molar-refractivity contribution in [2.45, 2.75) is 0 Å². The lowest BCUT2D eigenvalue weighted by molar-refractivity contribution is 0.404. The molecule has 1 aromatic carbocycles. The van der Waals surface area contributed by atoms with Gasteiger partial charge in [0.1, 0.15) is 0 Å². The van der Waals surface area contributed by atoms with Crippen LogP contribution in [0.4, 0.5) is 0 Å². The van der Waals surface area contributed by atoms with Gasteiger partial charge in [0, 0.05) is 0 Å². The van der Waals surface area contributed by atoms with E-state index in [-0.39, 0.29) is 5.63 Å². The summed E-state index contributed by atoms with van der Waals surface area (Å²) in [6.45, 7) is 0. The Kier molecular flexibility index (Phi) is 1.12. The molecular weight excluding hydrogens is 144 g/mol. The lowest BCUT2D eigenvalue weighted by atomic mass is 10.2. The van der Waals surface area contributed by atoms with E-state index in [4.69, 9.17) is 9.15 Å². The molecule has 0 amide bonds. The Balaban J connectivity index is 2.87. The molecule has 0 atom stereocenters. The molecule has 3 aromatic rings. The fraction of sp³-hybridized carbons (Fsp3) is 0.125. The molecule has 0 radical (unpaired) electrons. The van der Waals surface area contributed by atoms with E-state index in [1.165, 1.54) is 0 Å². The average molecular weight is 150 g/mol. The Hall–Kier alpha value is -1.51. The Morgan fingerprint density at radius 2 is 2.27 bits per heavy atom. The van der Waals surface area contributed by atoms with Crippen molar-refractivity contribution in [2.24, 2.45) is 0 Å². The first-order valence-electron chi connectivity index (χ1n) is 3.21. The van der Waals surface area contributed by atoms with Crippen LogP contribution in [-0.4, -0.2) is 7.11 Å². The molecule has 0 saturated heterocycles. The molecule has 2 heterocycles. The molecule has 11 heavy (non-hydrogen) atoms. The van der Waals surface area contributed by atoms with Gasteiger partial charge >= 0.3 is 5.63 Å². The quantitative estimate of drug-likeness (QED) is 0.613. The number of fused-ring (bicyclic) bond motifs is 3. The van der Waals surface area contributed by atoms with Crippen molar-refractivity contribution in [3.05, 3.63) is 28.6 Å². The zero-order valence-electron chi connectivity index (χ0n) is 5.96. The predicted octanol–water partition coefficient (Wildman–Crippen LogP) is 1.24. The van der Waals surface area contributed by atoms with E-state index in [1.807, 2.05) is 0 Å². The normalized spacial score (nSPS) is 10.6. The summed E-state index contributed by atoms with van der Waals surface area (Å²) in [5.41, 5.74) is 0.191. The highest BCUT2D eigenvalue weighted by Gasteiger charge is 2.05. The van der Waals surface area contributed by atoms with Gasteiger partial charge in [-0.15, -0.1) is 0 Å². The van der Waals surface area contributed by atoms with Gasteiger partial charge in [-0.2, -0.15) is 0 Å². The van der Waals surface area contributed by atoms with Crippen LogP contribution in [0.1, 0.15) is 0 Å². The first-order valence-corrected chi connectivity index (χ1v) is 3.21. The number of methoxy groups -OCH3 is 1. The molecule has 0 fully saturated rings. The zero-order valence-corrected chi connectivity index (χ0v) is 5.96. The van der Waals surface area contributed by atoms with E-state index in [0.717, 1.165) is 0 Å². The molecule has 0 aliphatic carbocycles. The number of ether oxygens (including phenoxy) is 1. The second kappa shape index (κ2) is 1.99. The van der Waals surface area contributed by atoms with Crippen molar-refractivity contribution in [1.29, 1.82) is 0 Å². The highest BCUT2D eigenvalue weighted by Crippen LogP contribution is 2.21. The van der Waals surface area contributed by atoms with Crippen molar-refractivity contribution < 1.29 is 9.15 Å². The molecule has 0 unspecified atom stereocenters. The van der Waals surface area contributed by atoms with Gasteiger partial charge in [-0.05, 0) is 18.2 Å². The largest absolute Gasteiger partial charge is 0.493 e. The minimum Gasteiger partial charge on any atom is -0.493 e. The molecule has 0 aliphatic heterocycles. The summed E-state index contributed by atoms with van der Waals surface area (Å²) >= 11 is 0. The SMILES string of the molecule is COc1cc2ccc1oc2=O. The number of hydrogen-bond donors (Lipinski definition) is 0. The topological polar surface area (TPSA) is 39.4 Å². The van der Waals surface area contributed by atoms with Crippen molar-refractivity contribution in [1.82, 2.24) is 0 Å². The van der Waals surface area contributed by atoms with Crippen LogP contribution in [0.2, 0.25) is 0 Å². The Morgan fingerprint density at radius 3 is 2.73 bits per heavy atom. The lowest BCUT2D eigenvalue weighted by Gasteiger charge is -2.02. The molecule has 2 bridgehead atoms. The van der Waals surface area contributed by atoms with Crippen molar-refractivity contribution in [3.63, 3.8) is 0 Å². The van der Waals surface area contributed by atoms with Gasteiger partial charge in [0.15, 0.2) is 11.3 Å². The van der Waals surface area contributed by atoms with Gasteiger partial charge in [0.25, 0.3) is 0 Å². The van der Waals surface area contributed by atoms with Crippen LogP contribution in [-0.2, 0) is 0 Å². The highest BCUT2D eigenvalue weighted by molar-refractivity contribution is 5.68. The van der Waals surface area contributed by atoms with Gasteiger partial charge in [-0.3, -0.25) is 0 Å². The molecule has 3 nitrogen and oxygen atoms in total. The lowest BCUT2D eigenvalue weighted by Crippen LogP contribution is -2.01. The van der Waals surface area contributed by atoms with Gasteiger partial charge in [0.2, 0.25) is 0 Å². The Labute approximate surface area is 62.5 Å². The summed E-state index contributed by atoms with van der Waals surface area (Å²) in [7, 11) is 1.54. The van der Waals surface area contributed by atoms with E-state index in [9.17, 15) is 4.79 Å². The van der Waals surface area contributed by atoms with Crippen LogP contribution in [0.15, 0.2) is 27.4 Å². The molecule has 56 valence electrons. The van der Waals surface area contributed by atoms with E-state index >= 15 is 0 Å². The Bertz CT molecular complexity index is 416. The van der Waals surface area contributed by atoms with Gasteiger partial charge in [-0.1, -0.05) is 0 Å². The smallest absolute Gasteiger partial charge is 0.343 e. The maximum atomic E-state index is 10.9. The minimum absolute atomic E-state index is 0.302. The third kappa shape index (κ3) is 0.774. The molecule has 3 rings (SSSR count). The second-order valence-electron chi connectivity index (χ2n) is 2.26. The maximum absolute atomic E-state index is 10.9. The zero-order chi connectivity index (χ0) is 7.84. The third-order valence-electron chi connectivity index (χ3n) is 1.60. The van der Waals surface area contributed by atoms with Crippen molar-refractivity contribution >= 4 is 11.0 Å². The van der Waals surface area contributed by atoms with E-state index in [1.54, 1.807) is 25.3 Å². The summed E-state index contributed by atoms with van der Waals surface area (Å²) in [4.78, 5) is 10.9. The summed E-state index contributed by atoms with van der Waals surface area (Å²) in [5.74, 6) is 0.613. The molecule has 3 heteroatoms. The first-order chi connectivity index (χ1) is 5.31. The number of rotatable bonds is 1. The first kappa shape index (κ1) is 6.22. The van der Waals surface area contributed by atoms with Gasteiger partial charge in [-0.25, -0.2) is 4.79 Å². The summed E-state index contributed by atoms with van der Waals surface area (Å²) < 4.78 is 9.80. The van der Waals surface area contributed by atoms with Crippen LogP contribution in [0, 0.1) is 0 Å². The maximum Gasteiger partial charge on any atom is 0.343 e. The van der Waals surface area contributed by atoms with Crippen LogP contribution in [0.25, 0.3) is 11.0 Å². The summed E-state index contributed by atoms with van der Waals surface area (Å²) in [6.07, 6.45) is 0. The monoisotopic (exact) mass is 150 g/mol. The average Bonchev–Trinajstić information content (AvgIpc) is 2.05. The van der Waals surface area contributed by atoms with Crippen LogP contribution in [0.5, 0.6) is 5.75 Å². The van der Waals surface area contributed by atoms with Crippen molar-refractivity contribution in [3.8, 4) is 5.75 Å². The second-order valence-corrected chi connectivity index (χ2v) is 2.26. The molecular formula is C8H6O3. The molecule has 0 saturated carbocycles. The Morgan fingerprint density at radius 1 is 1.45 bits per heavy atom. The molecule has 0 spiro atoms. The minimum atomic E-state index is -0.302. The van der Waals surface area contributed by atoms with Crippen LogP contribution >= 0.6 is 0 Å². The molecule has 0 N–H and O–H groups in total. The fourth-order valence-electron chi connectivity index (χ4n) is 1.04. The van der Waals surface area contributed by atoms with Crippen LogP contribution in [0.3, 0.4) is 0 Å². The fourth-order valence-corrected chi connectivity index (χ4v) is 1.04. The summed E-state index contributed by atoms with van der Waals surface area (Å²) in [6, 6.07) is 5.10. The molecule has 2 aromatic heterocycles. The van der Waals surface area contributed by atoms with E-state index in [2.05, 4.69) is 0 Å². The van der Waals surface area contributed by atoms with Gasteiger partial charge < -0.3 is 9.15 Å². The van der Waals surface area contributed by atoms with Crippen LogP contribution < -0.4 is 10.4 Å². The number of hydrogen-bond acceptors (Lipinski definition) is 3. The van der Waals surface area contributed by atoms with Crippen molar-refractivity contribution in [2.75, 3.05) is 7.11 Å². The predicted molar refractivity (Wildman–Crippen MR) is 40.2 cm³/mol. The molecule has 0 aliphatic rings. The van der Waals surface area contributed by atoms with Gasteiger partial charge in [0.05, 0.1) is 12.5 Å². The third-order valence-corrected chi connectivity index (χ3v) is 1.60. The van der Waals surface area contributed by atoms with E-state index < -0.39 is 0 Å². The van der Waals surface area contributed by atoms with E-state index in [0.29, 0.717) is 16.7 Å². The standard InChI is InChI=1S/C8H6O3/c1-10-7-4-5-2-3-6(7)11-8(5)9/h2-4H,1H3. The summed E-state index contributed by atoms with van der Waals surface area (Å²) in [5, 5.41) is 0.539.